The van der Waals surface area contributed by atoms with E-state index in [0.717, 1.165) is 60.7 Å². The molecule has 0 spiro atoms. The predicted octanol–water partition coefficient (Wildman–Crippen LogP) is 15.4. The van der Waals surface area contributed by atoms with E-state index in [2.05, 4.69) is 190 Å². The highest BCUT2D eigenvalue weighted by molar-refractivity contribution is 6.22. The van der Waals surface area contributed by atoms with Gasteiger partial charge in [-0.05, 0) is 95.2 Å². The zero-order valence-electron chi connectivity index (χ0n) is 34.1. The van der Waals surface area contributed by atoms with Crippen molar-refractivity contribution in [2.24, 2.45) is 0 Å². The van der Waals surface area contributed by atoms with E-state index in [4.69, 9.17) is 19.4 Å². The summed E-state index contributed by atoms with van der Waals surface area (Å²) < 4.78 is 6.87. The van der Waals surface area contributed by atoms with Gasteiger partial charge in [0.1, 0.15) is 11.2 Å². The molecular weight excluding hydrogens is 755 g/mol. The Bertz CT molecular complexity index is 3840. The smallest absolute Gasteiger partial charge is 0.164 e. The second kappa shape index (κ2) is 13.0. The molecule has 13 rings (SSSR count). The van der Waals surface area contributed by atoms with Crippen molar-refractivity contribution in [3.05, 3.63) is 199 Å². The van der Waals surface area contributed by atoms with E-state index < -0.39 is 0 Å². The Morgan fingerprint density at radius 2 is 0.952 bits per heavy atom. The first-order valence-electron chi connectivity index (χ1n) is 21.3. The van der Waals surface area contributed by atoms with Crippen LogP contribution in [0.5, 0.6) is 0 Å². The molecule has 0 fully saturated rings. The summed E-state index contributed by atoms with van der Waals surface area (Å²) >= 11 is 0. The Kier molecular flexibility index (Phi) is 7.32. The van der Waals surface area contributed by atoms with Gasteiger partial charge < -0.3 is 4.42 Å². The first kappa shape index (κ1) is 34.9. The fraction of sp³-hybridized carbons (Fsp3) is 0.0517. The van der Waals surface area contributed by atoms with Crippen molar-refractivity contribution in [1.82, 2.24) is 15.0 Å². The Labute approximate surface area is 357 Å². The number of nitrogens with zero attached hydrogens (tertiary/aromatic N) is 3. The van der Waals surface area contributed by atoms with Gasteiger partial charge in [0.25, 0.3) is 0 Å². The van der Waals surface area contributed by atoms with E-state index in [9.17, 15) is 0 Å². The lowest BCUT2D eigenvalue weighted by atomic mass is 9.81. The van der Waals surface area contributed by atoms with Crippen molar-refractivity contribution >= 4 is 65.0 Å². The van der Waals surface area contributed by atoms with E-state index in [-0.39, 0.29) is 5.41 Å². The van der Waals surface area contributed by atoms with E-state index in [1.54, 1.807) is 0 Å². The molecule has 12 aromatic rings. The fourth-order valence-corrected chi connectivity index (χ4v) is 10.2. The average Bonchev–Trinajstić information content (AvgIpc) is 3.83. The Hall–Kier alpha value is -7.95. The minimum atomic E-state index is -0.271. The lowest BCUT2D eigenvalue weighted by Crippen LogP contribution is -2.15. The van der Waals surface area contributed by atoms with Gasteiger partial charge in [0.15, 0.2) is 17.5 Å². The minimum absolute atomic E-state index is 0.271. The van der Waals surface area contributed by atoms with E-state index in [1.165, 1.54) is 54.4 Å². The number of benzene rings is 10. The third-order valence-electron chi connectivity index (χ3n) is 13.3. The molecule has 0 unspecified atom stereocenters. The molecule has 0 amide bonds. The normalized spacial score (nSPS) is 13.1. The maximum Gasteiger partial charge on any atom is 0.164 e. The summed E-state index contributed by atoms with van der Waals surface area (Å²) in [7, 11) is 0. The van der Waals surface area contributed by atoms with Crippen molar-refractivity contribution < 1.29 is 4.42 Å². The summed E-state index contributed by atoms with van der Waals surface area (Å²) in [5, 5.41) is 11.8. The molecule has 62 heavy (non-hydrogen) atoms. The zero-order valence-corrected chi connectivity index (χ0v) is 34.1. The molecule has 0 aliphatic heterocycles. The summed E-state index contributed by atoms with van der Waals surface area (Å²) in [5.41, 5.74) is 11.3. The lowest BCUT2D eigenvalue weighted by Gasteiger charge is -2.22. The van der Waals surface area contributed by atoms with Gasteiger partial charge in [0.2, 0.25) is 0 Å². The van der Waals surface area contributed by atoms with E-state index >= 15 is 0 Å². The molecule has 4 heteroatoms. The van der Waals surface area contributed by atoms with Crippen LogP contribution in [0.2, 0.25) is 0 Å². The number of rotatable bonds is 4. The van der Waals surface area contributed by atoms with Crippen LogP contribution in [-0.2, 0) is 5.41 Å². The Morgan fingerprint density at radius 1 is 0.371 bits per heavy atom. The number of hydrogen-bond donors (Lipinski definition) is 0. The molecule has 0 bridgehead atoms. The molecule has 0 saturated heterocycles. The van der Waals surface area contributed by atoms with Gasteiger partial charge in [-0.25, -0.2) is 15.0 Å². The predicted molar refractivity (Wildman–Crippen MR) is 256 cm³/mol. The van der Waals surface area contributed by atoms with Gasteiger partial charge in [-0.2, -0.15) is 0 Å². The molecule has 2 aromatic heterocycles. The molecule has 1 aliphatic carbocycles. The summed E-state index contributed by atoms with van der Waals surface area (Å²) in [6.45, 7) is 4.61. The molecule has 1 aliphatic rings. The number of furan rings is 1. The standard InChI is InChI=1S/C58H37N3O/c1-58(2)49-21-10-8-19-45(49)53-50(58)33-48(52-46-20-9-11-22-51(46)62-54(52)53)57-60-55(38-17-12-16-37(31-38)34-13-4-3-5-14-34)59-56(61-57)39-24-23-36-26-28-43-42-27-25-35-15-6-7-18-40(35)41(42)29-30-44(43)47(36)32-39/h3-33H,1-2H3. The van der Waals surface area contributed by atoms with Crippen LogP contribution in [0.25, 0.3) is 121 Å². The van der Waals surface area contributed by atoms with Gasteiger partial charge in [-0.3, -0.25) is 0 Å². The zero-order chi connectivity index (χ0) is 41.1. The number of para-hydroxylation sites is 1. The van der Waals surface area contributed by atoms with Gasteiger partial charge in [0.05, 0.1) is 0 Å². The minimum Gasteiger partial charge on any atom is -0.455 e. The number of fused-ring (bicyclic) bond motifs is 14. The van der Waals surface area contributed by atoms with Crippen LogP contribution >= 0.6 is 0 Å². The molecule has 0 atom stereocenters. The largest absolute Gasteiger partial charge is 0.455 e. The van der Waals surface area contributed by atoms with Crippen LogP contribution in [0, 0.1) is 0 Å². The summed E-state index contributed by atoms with van der Waals surface area (Å²) in [6.07, 6.45) is 0. The van der Waals surface area contributed by atoms with Gasteiger partial charge in [0, 0.05) is 38.4 Å². The van der Waals surface area contributed by atoms with Gasteiger partial charge >= 0.3 is 0 Å². The Balaban J connectivity index is 1.08. The summed E-state index contributed by atoms with van der Waals surface area (Å²) in [6, 6.07) is 67.2. The topological polar surface area (TPSA) is 51.8 Å². The lowest BCUT2D eigenvalue weighted by molar-refractivity contribution is 0.653. The monoisotopic (exact) mass is 791 g/mol. The third-order valence-corrected chi connectivity index (χ3v) is 13.3. The first-order chi connectivity index (χ1) is 30.5. The SMILES string of the molecule is CC1(C)c2ccccc2-c2c1cc(-c1nc(-c3cccc(-c4ccccc4)c3)nc(-c3ccc4ccc5c(ccc6c7ccccc7ccc65)c4c3)n1)c1c2oc2ccccc21. The first-order valence-corrected chi connectivity index (χ1v) is 21.3. The van der Waals surface area contributed by atoms with Crippen LogP contribution in [0.15, 0.2) is 192 Å². The van der Waals surface area contributed by atoms with Crippen LogP contribution < -0.4 is 0 Å². The third kappa shape index (κ3) is 5.10. The maximum absolute atomic E-state index is 6.87. The highest BCUT2D eigenvalue weighted by Gasteiger charge is 2.39. The molecule has 4 nitrogen and oxygen atoms in total. The van der Waals surface area contributed by atoms with Crippen molar-refractivity contribution in [3.8, 4) is 56.4 Å². The number of aromatic nitrogens is 3. The van der Waals surface area contributed by atoms with Crippen molar-refractivity contribution in [2.45, 2.75) is 19.3 Å². The van der Waals surface area contributed by atoms with E-state index in [1.807, 2.05) is 12.1 Å². The Morgan fingerprint density at radius 3 is 1.77 bits per heavy atom. The van der Waals surface area contributed by atoms with Crippen LogP contribution in [0.3, 0.4) is 0 Å². The molecule has 0 saturated carbocycles. The van der Waals surface area contributed by atoms with Crippen molar-refractivity contribution in [1.29, 1.82) is 0 Å². The van der Waals surface area contributed by atoms with Gasteiger partial charge in [-0.15, -0.1) is 0 Å². The van der Waals surface area contributed by atoms with Crippen LogP contribution in [0.4, 0.5) is 0 Å². The van der Waals surface area contributed by atoms with Crippen molar-refractivity contribution in [2.75, 3.05) is 0 Å². The summed E-state index contributed by atoms with van der Waals surface area (Å²) in [4.78, 5) is 16.2. The maximum atomic E-state index is 6.87. The van der Waals surface area contributed by atoms with Gasteiger partial charge in [-0.1, -0.05) is 178 Å². The van der Waals surface area contributed by atoms with Crippen LogP contribution in [0.1, 0.15) is 25.0 Å². The molecule has 0 N–H and O–H groups in total. The molecule has 2 heterocycles. The molecular formula is C58H37N3O. The molecule has 290 valence electrons. The molecule has 10 aromatic carbocycles. The van der Waals surface area contributed by atoms with E-state index in [0.29, 0.717) is 17.5 Å². The fourth-order valence-electron chi connectivity index (χ4n) is 10.2. The second-order valence-corrected chi connectivity index (χ2v) is 17.1. The summed E-state index contributed by atoms with van der Waals surface area (Å²) in [5.74, 6) is 1.84. The number of hydrogen-bond acceptors (Lipinski definition) is 4. The highest BCUT2D eigenvalue weighted by atomic mass is 16.3. The van der Waals surface area contributed by atoms with Crippen LogP contribution in [-0.4, -0.2) is 15.0 Å². The molecule has 0 radical (unpaired) electrons. The van der Waals surface area contributed by atoms with Crippen molar-refractivity contribution in [3.63, 3.8) is 0 Å². The highest BCUT2D eigenvalue weighted by Crippen LogP contribution is 2.54. The second-order valence-electron chi connectivity index (χ2n) is 17.1. The average molecular weight is 792 g/mol. The quantitative estimate of drug-likeness (QED) is 0.167.